The molecule has 0 spiro atoms. The predicted molar refractivity (Wildman–Crippen MR) is 67.6 cm³/mol. The summed E-state index contributed by atoms with van der Waals surface area (Å²) in [5, 5.41) is 10.6. The van der Waals surface area contributed by atoms with Crippen LogP contribution in [0.25, 0.3) is 10.9 Å². The molecule has 0 bridgehead atoms. The summed E-state index contributed by atoms with van der Waals surface area (Å²) in [7, 11) is 0. The molecule has 0 saturated carbocycles. The molecule has 2 rings (SSSR count). The van der Waals surface area contributed by atoms with E-state index in [1.807, 2.05) is 25.1 Å². The first-order valence-electron chi connectivity index (χ1n) is 5.71. The fourth-order valence-electron chi connectivity index (χ4n) is 1.74. The van der Waals surface area contributed by atoms with Crippen molar-refractivity contribution in [3.63, 3.8) is 0 Å². The molecule has 4 N–H and O–H groups in total. The largest absolute Gasteiger partial charge is 0.323 e. The number of carbonyl (C=O) groups is 1. The summed E-state index contributed by atoms with van der Waals surface area (Å²) in [5.74, 6) is -0.158. The molecule has 0 radical (unpaired) electrons. The molecule has 0 aliphatic heterocycles. The van der Waals surface area contributed by atoms with Gasteiger partial charge >= 0.3 is 0 Å². The Bertz CT molecular complexity index is 520. The van der Waals surface area contributed by atoms with Crippen molar-refractivity contribution in [1.29, 1.82) is 0 Å². The Morgan fingerprint density at radius 3 is 3.18 bits per heavy atom. The highest BCUT2D eigenvalue weighted by atomic mass is 16.2. The summed E-state index contributed by atoms with van der Waals surface area (Å²) in [5.41, 5.74) is 7.30. The smallest absolute Gasteiger partial charge is 0.241 e. The summed E-state index contributed by atoms with van der Waals surface area (Å²) in [4.78, 5) is 11.8. The second-order valence-electron chi connectivity index (χ2n) is 4.02. The van der Waals surface area contributed by atoms with Gasteiger partial charge in [0.15, 0.2) is 0 Å². The van der Waals surface area contributed by atoms with Crippen molar-refractivity contribution < 1.29 is 4.79 Å². The molecule has 0 saturated heterocycles. The minimum Gasteiger partial charge on any atom is -0.323 e. The molecule has 1 atom stereocenters. The molecular weight excluding hydrogens is 216 g/mol. The highest BCUT2D eigenvalue weighted by Crippen LogP contribution is 2.20. The van der Waals surface area contributed by atoms with Gasteiger partial charge in [-0.05, 0) is 12.5 Å². The van der Waals surface area contributed by atoms with Gasteiger partial charge in [-0.1, -0.05) is 25.5 Å². The maximum Gasteiger partial charge on any atom is 0.241 e. The van der Waals surface area contributed by atoms with Gasteiger partial charge in [0, 0.05) is 5.39 Å². The SMILES string of the molecule is CCC[C@H](N)C(=O)Nc1cccc2cn[nH]c12. The number of nitrogens with one attached hydrogen (secondary N) is 2. The molecule has 17 heavy (non-hydrogen) atoms. The van der Waals surface area contributed by atoms with E-state index in [4.69, 9.17) is 5.73 Å². The first-order valence-corrected chi connectivity index (χ1v) is 5.71. The number of H-pyrrole nitrogens is 1. The van der Waals surface area contributed by atoms with E-state index in [0.717, 1.165) is 23.0 Å². The van der Waals surface area contributed by atoms with Crippen molar-refractivity contribution in [2.45, 2.75) is 25.8 Å². The maximum atomic E-state index is 11.8. The molecule has 90 valence electrons. The van der Waals surface area contributed by atoms with Crippen LogP contribution in [0.1, 0.15) is 19.8 Å². The zero-order chi connectivity index (χ0) is 12.3. The number of anilines is 1. The van der Waals surface area contributed by atoms with Crippen molar-refractivity contribution in [3.05, 3.63) is 24.4 Å². The van der Waals surface area contributed by atoms with E-state index >= 15 is 0 Å². The van der Waals surface area contributed by atoms with Crippen LogP contribution >= 0.6 is 0 Å². The first kappa shape index (κ1) is 11.6. The van der Waals surface area contributed by atoms with Crippen LogP contribution in [0, 0.1) is 0 Å². The predicted octanol–water partition coefficient (Wildman–Crippen LogP) is 1.63. The Hall–Kier alpha value is -1.88. The fourth-order valence-corrected chi connectivity index (χ4v) is 1.74. The number of carbonyl (C=O) groups excluding carboxylic acids is 1. The van der Waals surface area contributed by atoms with Crippen LogP contribution in [0.3, 0.4) is 0 Å². The lowest BCUT2D eigenvalue weighted by atomic mass is 10.1. The van der Waals surface area contributed by atoms with Crippen LogP contribution < -0.4 is 11.1 Å². The van der Waals surface area contributed by atoms with E-state index in [-0.39, 0.29) is 5.91 Å². The fraction of sp³-hybridized carbons (Fsp3) is 0.333. The number of hydrogen-bond donors (Lipinski definition) is 3. The molecule has 0 fully saturated rings. The third-order valence-corrected chi connectivity index (χ3v) is 2.67. The van der Waals surface area contributed by atoms with Gasteiger partial charge in [-0.2, -0.15) is 5.10 Å². The molecule has 1 aromatic heterocycles. The molecule has 5 nitrogen and oxygen atoms in total. The quantitative estimate of drug-likeness (QED) is 0.749. The van der Waals surface area contributed by atoms with E-state index < -0.39 is 6.04 Å². The molecule has 1 heterocycles. The zero-order valence-corrected chi connectivity index (χ0v) is 9.73. The number of aromatic amines is 1. The summed E-state index contributed by atoms with van der Waals surface area (Å²) in [6, 6.07) is 5.18. The normalized spacial score (nSPS) is 12.6. The highest BCUT2D eigenvalue weighted by Gasteiger charge is 2.13. The van der Waals surface area contributed by atoms with Crippen LogP contribution in [-0.4, -0.2) is 22.1 Å². The molecule has 1 amide bonds. The summed E-state index contributed by atoms with van der Waals surface area (Å²) in [6.07, 6.45) is 3.30. The van der Waals surface area contributed by atoms with Gasteiger partial charge in [0.2, 0.25) is 5.91 Å². The van der Waals surface area contributed by atoms with Gasteiger partial charge in [-0.25, -0.2) is 0 Å². The third-order valence-electron chi connectivity index (χ3n) is 2.67. The summed E-state index contributed by atoms with van der Waals surface area (Å²) >= 11 is 0. The third kappa shape index (κ3) is 2.45. The van der Waals surface area contributed by atoms with E-state index in [0.29, 0.717) is 6.42 Å². The van der Waals surface area contributed by atoms with Crippen molar-refractivity contribution in [1.82, 2.24) is 10.2 Å². The van der Waals surface area contributed by atoms with Crippen molar-refractivity contribution in [2.24, 2.45) is 5.73 Å². The van der Waals surface area contributed by atoms with Crippen LogP contribution in [0.5, 0.6) is 0 Å². The molecule has 1 aromatic carbocycles. The Morgan fingerprint density at radius 2 is 2.41 bits per heavy atom. The second-order valence-corrected chi connectivity index (χ2v) is 4.02. The lowest BCUT2D eigenvalue weighted by Crippen LogP contribution is -2.35. The van der Waals surface area contributed by atoms with Crippen molar-refractivity contribution in [3.8, 4) is 0 Å². The van der Waals surface area contributed by atoms with Gasteiger partial charge in [-0.15, -0.1) is 0 Å². The Kier molecular flexibility index (Phi) is 3.39. The lowest BCUT2D eigenvalue weighted by Gasteiger charge is -2.11. The number of amides is 1. The summed E-state index contributed by atoms with van der Waals surface area (Å²) in [6.45, 7) is 2.00. The lowest BCUT2D eigenvalue weighted by molar-refractivity contribution is -0.117. The Balaban J connectivity index is 2.18. The summed E-state index contributed by atoms with van der Waals surface area (Å²) < 4.78 is 0. The maximum absolute atomic E-state index is 11.8. The van der Waals surface area contributed by atoms with Crippen LogP contribution in [0.15, 0.2) is 24.4 Å². The Labute approximate surface area is 99.4 Å². The van der Waals surface area contributed by atoms with E-state index in [1.165, 1.54) is 0 Å². The monoisotopic (exact) mass is 232 g/mol. The topological polar surface area (TPSA) is 83.8 Å². The number of aromatic nitrogens is 2. The molecule has 0 aliphatic rings. The Morgan fingerprint density at radius 1 is 1.59 bits per heavy atom. The minimum absolute atomic E-state index is 0.158. The molecule has 2 aromatic rings. The van der Waals surface area contributed by atoms with Gasteiger partial charge in [-0.3, -0.25) is 9.89 Å². The van der Waals surface area contributed by atoms with Gasteiger partial charge in [0.1, 0.15) is 0 Å². The van der Waals surface area contributed by atoms with Crippen molar-refractivity contribution in [2.75, 3.05) is 5.32 Å². The average molecular weight is 232 g/mol. The van der Waals surface area contributed by atoms with Gasteiger partial charge < -0.3 is 11.1 Å². The van der Waals surface area contributed by atoms with E-state index in [9.17, 15) is 4.79 Å². The highest BCUT2D eigenvalue weighted by molar-refractivity contribution is 6.02. The molecule has 0 aliphatic carbocycles. The molecule has 5 heteroatoms. The van der Waals surface area contributed by atoms with Crippen LogP contribution in [0.4, 0.5) is 5.69 Å². The van der Waals surface area contributed by atoms with Gasteiger partial charge in [0.05, 0.1) is 23.4 Å². The zero-order valence-electron chi connectivity index (χ0n) is 9.73. The standard InChI is InChI=1S/C12H16N4O/c1-2-4-9(13)12(17)15-10-6-3-5-8-7-14-16-11(8)10/h3,5-7,9H,2,4,13H2,1H3,(H,14,16)(H,15,17)/t9-/m0/s1. The average Bonchev–Trinajstić information content (AvgIpc) is 2.78. The first-order chi connectivity index (χ1) is 8.22. The second kappa shape index (κ2) is 4.97. The van der Waals surface area contributed by atoms with Crippen LogP contribution in [0.2, 0.25) is 0 Å². The van der Waals surface area contributed by atoms with Crippen molar-refractivity contribution >= 4 is 22.5 Å². The number of para-hydroxylation sites is 1. The van der Waals surface area contributed by atoms with Gasteiger partial charge in [0.25, 0.3) is 0 Å². The van der Waals surface area contributed by atoms with E-state index in [1.54, 1.807) is 6.20 Å². The van der Waals surface area contributed by atoms with E-state index in [2.05, 4.69) is 15.5 Å². The number of hydrogen-bond acceptors (Lipinski definition) is 3. The number of rotatable bonds is 4. The van der Waals surface area contributed by atoms with Crippen LogP contribution in [-0.2, 0) is 4.79 Å². The number of benzene rings is 1. The molecular formula is C12H16N4O. The number of nitrogens with two attached hydrogens (primary N) is 1. The molecule has 0 unspecified atom stereocenters. The number of fused-ring (bicyclic) bond motifs is 1. The number of nitrogens with zero attached hydrogens (tertiary/aromatic N) is 1. The minimum atomic E-state index is -0.460.